The van der Waals surface area contributed by atoms with E-state index in [0.717, 1.165) is 30.8 Å². The van der Waals surface area contributed by atoms with Crippen molar-refractivity contribution in [2.24, 2.45) is 0 Å². The Kier molecular flexibility index (Phi) is 4.65. The van der Waals surface area contributed by atoms with Gasteiger partial charge in [-0.3, -0.25) is 4.79 Å². The van der Waals surface area contributed by atoms with Crippen LogP contribution in [0.1, 0.15) is 19.8 Å². The number of para-hydroxylation sites is 2. The van der Waals surface area contributed by atoms with Gasteiger partial charge >= 0.3 is 0 Å². The van der Waals surface area contributed by atoms with Gasteiger partial charge in [-0.25, -0.2) is 4.57 Å². The Bertz CT molecular complexity index is 1100. The Morgan fingerprint density at radius 1 is 0.963 bits per heavy atom. The molecule has 2 aromatic heterocycles. The number of anilines is 1. The van der Waals surface area contributed by atoms with Gasteiger partial charge in [0.25, 0.3) is 5.56 Å². The Morgan fingerprint density at radius 2 is 1.63 bits per heavy atom. The van der Waals surface area contributed by atoms with E-state index in [9.17, 15) is 4.79 Å². The largest absolute Gasteiger partial charge is 0.355 e. The summed E-state index contributed by atoms with van der Waals surface area (Å²) in [5.41, 5.74) is 1.99. The first-order valence-electron chi connectivity index (χ1n) is 9.03. The second kappa shape index (κ2) is 7.41. The molecule has 0 aliphatic carbocycles. The zero-order chi connectivity index (χ0) is 18.6. The van der Waals surface area contributed by atoms with E-state index in [-0.39, 0.29) is 11.1 Å². The number of rotatable bonds is 6. The molecule has 4 rings (SSSR count). The average molecular weight is 360 g/mol. The molecule has 1 N–H and O–H groups in total. The minimum atomic E-state index is -0.243. The van der Waals surface area contributed by atoms with Crippen LogP contribution in [0.5, 0.6) is 0 Å². The Labute approximate surface area is 156 Å². The monoisotopic (exact) mass is 360 g/mol. The highest BCUT2D eigenvalue weighted by atomic mass is 16.1. The Balaban J connectivity index is 1.93. The molecule has 0 aliphatic heterocycles. The summed E-state index contributed by atoms with van der Waals surface area (Å²) in [5, 5.41) is 11.6. The van der Waals surface area contributed by atoms with Crippen molar-refractivity contribution in [3.63, 3.8) is 0 Å². The third kappa shape index (κ3) is 3.19. The highest BCUT2D eigenvalue weighted by molar-refractivity contribution is 5.73. The maximum Gasteiger partial charge on any atom is 0.289 e. The molecule has 136 valence electrons. The van der Waals surface area contributed by atoms with Crippen LogP contribution in [0.4, 0.5) is 5.95 Å². The van der Waals surface area contributed by atoms with Crippen LogP contribution in [-0.2, 0) is 0 Å². The summed E-state index contributed by atoms with van der Waals surface area (Å²) in [5.74, 6) is 0.492. The van der Waals surface area contributed by atoms with Crippen molar-refractivity contribution in [2.45, 2.75) is 19.8 Å². The SMILES string of the molecule is CCCCNc1nc2c(nnn2-c2ccccc2)c(=O)n1-c1ccccc1. The number of hydrogen-bond donors (Lipinski definition) is 1. The van der Waals surface area contributed by atoms with E-state index < -0.39 is 0 Å². The van der Waals surface area contributed by atoms with E-state index in [2.05, 4.69) is 22.6 Å². The second-order valence-electron chi connectivity index (χ2n) is 6.20. The van der Waals surface area contributed by atoms with Gasteiger partial charge in [-0.05, 0) is 30.7 Å². The highest BCUT2D eigenvalue weighted by Crippen LogP contribution is 2.17. The van der Waals surface area contributed by atoms with Crippen molar-refractivity contribution in [1.29, 1.82) is 0 Å². The minimum absolute atomic E-state index is 0.240. The number of nitrogens with zero attached hydrogens (tertiary/aromatic N) is 5. The fraction of sp³-hybridized carbons (Fsp3) is 0.200. The maximum absolute atomic E-state index is 13.2. The van der Waals surface area contributed by atoms with Crippen LogP contribution in [0, 0.1) is 0 Å². The fourth-order valence-corrected chi connectivity index (χ4v) is 2.92. The van der Waals surface area contributed by atoms with Gasteiger partial charge in [-0.1, -0.05) is 55.0 Å². The predicted molar refractivity (Wildman–Crippen MR) is 106 cm³/mol. The summed E-state index contributed by atoms with van der Waals surface area (Å²) >= 11 is 0. The quantitative estimate of drug-likeness (QED) is 0.534. The van der Waals surface area contributed by atoms with Gasteiger partial charge in [-0.2, -0.15) is 9.67 Å². The first kappa shape index (κ1) is 17.0. The minimum Gasteiger partial charge on any atom is -0.355 e. The van der Waals surface area contributed by atoms with Gasteiger partial charge in [0.1, 0.15) is 0 Å². The van der Waals surface area contributed by atoms with Crippen LogP contribution in [-0.4, -0.2) is 31.1 Å². The molecule has 0 bridgehead atoms. The molecule has 0 amide bonds. The van der Waals surface area contributed by atoms with Crippen LogP contribution in [0.2, 0.25) is 0 Å². The zero-order valence-corrected chi connectivity index (χ0v) is 15.0. The number of fused-ring (bicyclic) bond motifs is 1. The molecule has 0 saturated carbocycles. The molecule has 2 heterocycles. The number of unbranched alkanes of at least 4 members (excludes halogenated alkanes) is 1. The second-order valence-corrected chi connectivity index (χ2v) is 6.20. The first-order chi connectivity index (χ1) is 13.3. The van der Waals surface area contributed by atoms with Crippen LogP contribution in [0.3, 0.4) is 0 Å². The van der Waals surface area contributed by atoms with Crippen LogP contribution >= 0.6 is 0 Å². The Morgan fingerprint density at radius 3 is 2.30 bits per heavy atom. The number of aromatic nitrogens is 5. The molecule has 4 aromatic rings. The third-order valence-corrected chi connectivity index (χ3v) is 4.30. The fourth-order valence-electron chi connectivity index (χ4n) is 2.92. The van der Waals surface area contributed by atoms with Gasteiger partial charge < -0.3 is 5.32 Å². The molecule has 7 nitrogen and oxygen atoms in total. The summed E-state index contributed by atoms with van der Waals surface area (Å²) in [6.07, 6.45) is 2.03. The molecule has 2 aromatic carbocycles. The first-order valence-corrected chi connectivity index (χ1v) is 9.03. The molecule has 7 heteroatoms. The normalized spacial score (nSPS) is 11.0. The van der Waals surface area contributed by atoms with Crippen LogP contribution in [0.15, 0.2) is 65.5 Å². The summed E-state index contributed by atoms with van der Waals surface area (Å²) in [4.78, 5) is 17.9. The molecule has 0 spiro atoms. The summed E-state index contributed by atoms with van der Waals surface area (Å²) < 4.78 is 3.15. The smallest absolute Gasteiger partial charge is 0.289 e. The Hall–Kier alpha value is -3.48. The lowest BCUT2D eigenvalue weighted by Gasteiger charge is -2.13. The predicted octanol–water partition coefficient (Wildman–Crippen LogP) is 3.18. The van der Waals surface area contributed by atoms with Crippen molar-refractivity contribution >= 4 is 17.1 Å². The molecule has 27 heavy (non-hydrogen) atoms. The zero-order valence-electron chi connectivity index (χ0n) is 15.0. The highest BCUT2D eigenvalue weighted by Gasteiger charge is 2.18. The maximum atomic E-state index is 13.2. The van der Waals surface area contributed by atoms with Crippen molar-refractivity contribution in [1.82, 2.24) is 24.5 Å². The van der Waals surface area contributed by atoms with Gasteiger partial charge in [0.2, 0.25) is 5.95 Å². The van der Waals surface area contributed by atoms with E-state index in [1.807, 2.05) is 60.7 Å². The van der Waals surface area contributed by atoms with Crippen molar-refractivity contribution in [2.75, 3.05) is 11.9 Å². The lowest BCUT2D eigenvalue weighted by molar-refractivity contribution is 0.809. The molecule has 0 radical (unpaired) electrons. The lowest BCUT2D eigenvalue weighted by Crippen LogP contribution is -2.24. The summed E-state index contributed by atoms with van der Waals surface area (Å²) in [7, 11) is 0. The molecule has 0 fully saturated rings. The van der Waals surface area contributed by atoms with E-state index in [0.29, 0.717) is 11.6 Å². The number of nitrogens with one attached hydrogen (secondary N) is 1. The van der Waals surface area contributed by atoms with Gasteiger partial charge in [0.15, 0.2) is 11.2 Å². The van der Waals surface area contributed by atoms with E-state index in [4.69, 9.17) is 4.98 Å². The number of hydrogen-bond acceptors (Lipinski definition) is 5. The van der Waals surface area contributed by atoms with Crippen LogP contribution in [0.25, 0.3) is 22.5 Å². The van der Waals surface area contributed by atoms with Crippen LogP contribution < -0.4 is 10.9 Å². The summed E-state index contributed by atoms with van der Waals surface area (Å²) in [6, 6.07) is 19.0. The van der Waals surface area contributed by atoms with E-state index in [1.165, 1.54) is 0 Å². The molecule has 0 saturated heterocycles. The van der Waals surface area contributed by atoms with Crippen molar-refractivity contribution < 1.29 is 0 Å². The molecular weight excluding hydrogens is 340 g/mol. The summed E-state index contributed by atoms with van der Waals surface area (Å²) in [6.45, 7) is 2.85. The number of benzene rings is 2. The average Bonchev–Trinajstić information content (AvgIpc) is 3.14. The lowest BCUT2D eigenvalue weighted by atomic mass is 10.3. The van der Waals surface area contributed by atoms with Gasteiger partial charge in [0, 0.05) is 6.54 Å². The topological polar surface area (TPSA) is 77.6 Å². The van der Waals surface area contributed by atoms with Gasteiger partial charge in [-0.15, -0.1) is 5.10 Å². The van der Waals surface area contributed by atoms with Crippen molar-refractivity contribution in [3.05, 3.63) is 71.0 Å². The molecular formula is C20H20N6O. The third-order valence-electron chi connectivity index (χ3n) is 4.30. The van der Waals surface area contributed by atoms with Crippen molar-refractivity contribution in [3.8, 4) is 11.4 Å². The van der Waals surface area contributed by atoms with E-state index in [1.54, 1.807) is 9.25 Å². The standard InChI is InChI=1S/C20H20N6O/c1-2-3-14-21-20-22-18-17(19(27)25(20)15-10-6-4-7-11-15)23-24-26(18)16-12-8-5-9-13-16/h4-13H,2-3,14H2,1H3,(H,21,22). The van der Waals surface area contributed by atoms with Gasteiger partial charge in [0.05, 0.1) is 11.4 Å². The molecule has 0 unspecified atom stereocenters. The van der Waals surface area contributed by atoms with E-state index >= 15 is 0 Å². The molecule has 0 aliphatic rings. The molecule has 0 atom stereocenters.